The summed E-state index contributed by atoms with van der Waals surface area (Å²) in [4.78, 5) is 0.0399. The van der Waals surface area contributed by atoms with Gasteiger partial charge in [-0.25, -0.2) is 13.4 Å². The number of amidine groups is 1. The number of hydrogen-bond donors (Lipinski definition) is 2. The van der Waals surface area contributed by atoms with Gasteiger partial charge in [-0.3, -0.25) is 10.1 Å². The van der Waals surface area contributed by atoms with E-state index in [2.05, 4.69) is 49.4 Å². The number of anilines is 2. The number of hydrogen-bond acceptors (Lipinski definition) is 10. The number of hydrazone groups is 1. The molecule has 0 radical (unpaired) electrons. The molecule has 0 saturated heterocycles. The number of halogens is 1. The zero-order valence-electron chi connectivity index (χ0n) is 18.7. The van der Waals surface area contributed by atoms with E-state index >= 15 is 0 Å². The van der Waals surface area contributed by atoms with Gasteiger partial charge >= 0.3 is 24.8 Å². The number of sulfonamides is 1. The first-order chi connectivity index (χ1) is 17.2. The molecule has 0 aliphatic carbocycles. The van der Waals surface area contributed by atoms with Crippen LogP contribution in [-0.2, 0) is 37.2 Å². The third-order valence-electron chi connectivity index (χ3n) is 4.56. The normalized spacial score (nSPS) is 15.0. The second-order valence-electron chi connectivity index (χ2n) is 7.04. The second kappa shape index (κ2) is 12.5. The zero-order valence-corrected chi connectivity index (χ0v) is 22.8. The molecule has 0 fully saturated rings. The van der Waals surface area contributed by atoms with Gasteiger partial charge in [-0.15, -0.1) is 13.9 Å². The number of aryl methyl sites for hydroxylation is 1. The first-order valence-corrected chi connectivity index (χ1v) is 13.9. The van der Waals surface area contributed by atoms with E-state index < -0.39 is 10.0 Å². The van der Waals surface area contributed by atoms with E-state index in [9.17, 15) is 8.42 Å². The molecule has 2 N–H and O–H groups in total. The average molecular weight is 607 g/mol. The number of para-hydroxylation sites is 1. The Morgan fingerprint density at radius 1 is 1.17 bits per heavy atom. The Morgan fingerprint density at radius 3 is 2.44 bits per heavy atom. The Labute approximate surface area is 230 Å². The Balaban J connectivity index is 0.00000176. The van der Waals surface area contributed by atoms with Crippen molar-refractivity contribution in [1.82, 2.24) is 5.16 Å². The van der Waals surface area contributed by atoms with Crippen LogP contribution >= 0.6 is 22.1 Å². The average Bonchev–Trinajstić information content (AvgIpc) is 3.41. The van der Waals surface area contributed by atoms with Crippen molar-refractivity contribution in [2.45, 2.75) is 18.7 Å². The molecule has 15 heteroatoms. The molecule has 10 nitrogen and oxygen atoms in total. The van der Waals surface area contributed by atoms with E-state index in [1.165, 1.54) is 35.3 Å². The number of aromatic nitrogens is 1. The monoisotopic (exact) mass is 605 g/mol. The molecule has 0 saturated carbocycles. The topological polar surface area (TPSA) is 136 Å². The Morgan fingerprint density at radius 2 is 1.83 bits per heavy atom. The zero-order chi connectivity index (χ0) is 26.3. The number of benzene rings is 2. The van der Waals surface area contributed by atoms with Crippen molar-refractivity contribution in [3.05, 3.63) is 76.2 Å². The van der Waals surface area contributed by atoms with Crippen LogP contribution in [0.4, 0.5) is 17.2 Å². The van der Waals surface area contributed by atoms with E-state index in [1.54, 1.807) is 13.8 Å². The van der Waals surface area contributed by atoms with Crippen LogP contribution in [0.1, 0.15) is 12.7 Å². The summed E-state index contributed by atoms with van der Waals surface area (Å²) in [7, 11) is 0.446. The molecule has 2 heterocycles. The molecular formula is C21H18ClN7NiO3S3-. The summed E-state index contributed by atoms with van der Waals surface area (Å²) >= 11 is 9.73. The van der Waals surface area contributed by atoms with Gasteiger partial charge in [0.15, 0.2) is 11.7 Å². The summed E-state index contributed by atoms with van der Waals surface area (Å²) in [6, 6.07) is 16.7. The molecule has 2 aromatic carbocycles. The molecule has 0 atom stereocenters. The van der Waals surface area contributed by atoms with Crippen LogP contribution in [0, 0.1) is 12.3 Å². The van der Waals surface area contributed by atoms with Gasteiger partial charge in [0.05, 0.1) is 22.0 Å². The van der Waals surface area contributed by atoms with Crippen molar-refractivity contribution in [2.24, 2.45) is 14.7 Å². The quantitative estimate of drug-likeness (QED) is 0.149. The van der Waals surface area contributed by atoms with E-state index in [0.717, 1.165) is 17.6 Å². The Hall–Kier alpha value is -2.77. The molecule has 0 amide bonds. The minimum atomic E-state index is -3.82. The van der Waals surface area contributed by atoms with Gasteiger partial charge in [0.1, 0.15) is 5.76 Å². The molecule has 1 aliphatic rings. The summed E-state index contributed by atoms with van der Waals surface area (Å²) < 4.78 is 36.5. The molecule has 4 rings (SSSR count). The van der Waals surface area contributed by atoms with Crippen LogP contribution in [0.3, 0.4) is 0 Å². The minimum absolute atomic E-state index is 0.0399. The molecule has 0 spiro atoms. The van der Waals surface area contributed by atoms with Crippen molar-refractivity contribution in [2.75, 3.05) is 9.73 Å². The van der Waals surface area contributed by atoms with Gasteiger partial charge in [-0.1, -0.05) is 23.4 Å². The Bertz CT molecular complexity index is 1430. The summed E-state index contributed by atoms with van der Waals surface area (Å²) in [5.74, 6) is 0.760. The van der Waals surface area contributed by atoms with Gasteiger partial charge < -0.3 is 17.2 Å². The van der Waals surface area contributed by atoms with E-state index in [4.69, 9.17) is 22.6 Å². The number of nitrogens with zero attached hydrogens (tertiary/aromatic N) is 5. The summed E-state index contributed by atoms with van der Waals surface area (Å²) in [6.07, 6.45) is 0. The molecular weight excluding hydrogens is 589 g/mol. The third kappa shape index (κ3) is 6.71. The first-order valence-electron chi connectivity index (χ1n) is 9.92. The fourth-order valence-corrected chi connectivity index (χ4v) is 4.85. The molecule has 191 valence electrons. The standard InChI is InChI=1S/C21H19N7O3S3.ClH.Ni/c1-13-12-18(25-31-13)26-34(29,30)17-10-8-15(9-11-17)23-27-33-21(32)19-14(2)24-28(20(19)22)16-6-4-3-5-7-16;;/h3-12,22,32H,1-2H3,(H,25,26);1H;/q;;+1/p-2/b21-19-,22-20?,27-23?;;. The third-order valence-corrected chi connectivity index (χ3v) is 6.89. The van der Waals surface area contributed by atoms with Crippen molar-refractivity contribution in [3.63, 3.8) is 0 Å². The van der Waals surface area contributed by atoms with E-state index in [0.29, 0.717) is 27.0 Å². The molecule has 3 aromatic rings. The van der Waals surface area contributed by atoms with Gasteiger partial charge in [0.25, 0.3) is 10.0 Å². The first kappa shape index (κ1) is 27.8. The molecule has 1 aliphatic heterocycles. The van der Waals surface area contributed by atoms with Crippen molar-refractivity contribution in [3.8, 4) is 0 Å². The molecule has 36 heavy (non-hydrogen) atoms. The van der Waals surface area contributed by atoms with Gasteiger partial charge in [-0.05, 0) is 50.2 Å². The van der Waals surface area contributed by atoms with Crippen molar-refractivity contribution in [1.29, 1.82) is 5.41 Å². The van der Waals surface area contributed by atoms with E-state index in [1.807, 2.05) is 30.3 Å². The predicted octanol–water partition coefficient (Wildman–Crippen LogP) is 5.83. The second-order valence-corrected chi connectivity index (χ2v) is 10.1. The summed E-state index contributed by atoms with van der Waals surface area (Å²) in [6.45, 7) is 3.44. The van der Waals surface area contributed by atoms with Crippen LogP contribution in [0.25, 0.3) is 0 Å². The number of rotatable bonds is 7. The van der Waals surface area contributed by atoms with Crippen molar-refractivity contribution < 1.29 is 27.5 Å². The van der Waals surface area contributed by atoms with Crippen molar-refractivity contribution >= 4 is 73.5 Å². The maximum absolute atomic E-state index is 12.5. The van der Waals surface area contributed by atoms with Crippen LogP contribution < -0.4 is 9.73 Å². The van der Waals surface area contributed by atoms with Crippen LogP contribution in [0.2, 0.25) is 0 Å². The maximum atomic E-state index is 12.5. The van der Waals surface area contributed by atoms with Crippen LogP contribution in [0.5, 0.6) is 0 Å². The van der Waals surface area contributed by atoms with Gasteiger partial charge in [0.2, 0.25) is 0 Å². The SMILES string of the molecule is CC1=NN(c2ccccc2)C(=N)/C1=C(/[S-])SN=Nc1ccc(S(=O)(=O)Nc2cc(C)on2)cc1.[Cl][Ni]. The van der Waals surface area contributed by atoms with Crippen LogP contribution in [-0.4, -0.2) is 25.1 Å². The predicted molar refractivity (Wildman–Crippen MR) is 141 cm³/mol. The molecule has 0 unspecified atom stereocenters. The summed E-state index contributed by atoms with van der Waals surface area (Å²) in [5, 5.41) is 22.1. The summed E-state index contributed by atoms with van der Waals surface area (Å²) in [5.41, 5.74) is 2.33. The van der Waals surface area contributed by atoms with Crippen LogP contribution in [0.15, 0.2) is 94.6 Å². The van der Waals surface area contributed by atoms with E-state index in [-0.39, 0.29) is 16.5 Å². The van der Waals surface area contributed by atoms with Gasteiger partial charge in [0, 0.05) is 23.6 Å². The Kier molecular flexibility index (Phi) is 9.63. The number of nitrogens with one attached hydrogen (secondary N) is 2. The fraction of sp³-hybridized carbons (Fsp3) is 0.0952. The molecule has 0 bridgehead atoms. The van der Waals surface area contributed by atoms with Gasteiger partial charge in [-0.2, -0.15) is 5.10 Å². The fourth-order valence-electron chi connectivity index (χ4n) is 2.98. The molecule has 1 aromatic heterocycles.